The summed E-state index contributed by atoms with van der Waals surface area (Å²) < 4.78 is 52.9. The molecule has 1 aromatic carbocycles. The van der Waals surface area contributed by atoms with E-state index < -0.39 is 32.1 Å². The first-order valence-electron chi connectivity index (χ1n) is 5.79. The van der Waals surface area contributed by atoms with Crippen LogP contribution in [0, 0.1) is 23.0 Å². The van der Waals surface area contributed by atoms with Crippen LogP contribution in [0.15, 0.2) is 23.1 Å². The van der Waals surface area contributed by atoms with Crippen molar-refractivity contribution in [1.82, 2.24) is 4.72 Å². The van der Waals surface area contributed by atoms with Gasteiger partial charge in [-0.3, -0.25) is 0 Å². The fourth-order valence-electron chi connectivity index (χ4n) is 2.21. The Morgan fingerprint density at radius 1 is 1.26 bits per heavy atom. The lowest BCUT2D eigenvalue weighted by Crippen LogP contribution is -2.45. The number of rotatable bonds is 3. The number of hydrogen-bond donors (Lipinski definition) is 1. The third-order valence-corrected chi connectivity index (χ3v) is 4.73. The number of hydrogen-bond acceptors (Lipinski definition) is 3. The molecule has 0 saturated heterocycles. The minimum atomic E-state index is -4.25. The maximum absolute atomic E-state index is 13.5. The highest BCUT2D eigenvalue weighted by molar-refractivity contribution is 7.89. The van der Waals surface area contributed by atoms with E-state index in [-0.39, 0.29) is 0 Å². The van der Waals surface area contributed by atoms with Crippen molar-refractivity contribution in [3.05, 3.63) is 29.8 Å². The lowest BCUT2D eigenvalue weighted by Gasteiger charge is -2.21. The Hall–Kier alpha value is -1.52. The average Bonchev–Trinajstić information content (AvgIpc) is 2.80. The Kier molecular flexibility index (Phi) is 3.56. The Morgan fingerprint density at radius 2 is 1.89 bits per heavy atom. The van der Waals surface area contributed by atoms with Gasteiger partial charge in [-0.05, 0) is 31.0 Å². The smallest absolute Gasteiger partial charge is 0.207 e. The van der Waals surface area contributed by atoms with Gasteiger partial charge in [0.15, 0.2) is 0 Å². The van der Waals surface area contributed by atoms with E-state index in [2.05, 4.69) is 4.72 Å². The van der Waals surface area contributed by atoms with Gasteiger partial charge in [0.1, 0.15) is 22.1 Å². The zero-order chi connectivity index (χ0) is 14.1. The second-order valence-corrected chi connectivity index (χ2v) is 6.23. The van der Waals surface area contributed by atoms with Gasteiger partial charge in [-0.25, -0.2) is 17.2 Å². The Balaban J connectivity index is 2.38. The Bertz CT molecular complexity index is 632. The summed E-state index contributed by atoms with van der Waals surface area (Å²) in [4.78, 5) is -0.769. The van der Waals surface area contributed by atoms with Gasteiger partial charge in [0.05, 0.1) is 6.07 Å². The van der Waals surface area contributed by atoms with Gasteiger partial charge in [-0.15, -0.1) is 0 Å². The third kappa shape index (κ3) is 2.74. The zero-order valence-corrected chi connectivity index (χ0v) is 10.8. The molecule has 1 aromatic rings. The second-order valence-electron chi connectivity index (χ2n) is 4.58. The van der Waals surface area contributed by atoms with E-state index in [0.717, 1.165) is 25.0 Å². The van der Waals surface area contributed by atoms with Crippen LogP contribution in [0.25, 0.3) is 0 Å². The van der Waals surface area contributed by atoms with E-state index in [1.807, 2.05) is 6.07 Å². The molecule has 19 heavy (non-hydrogen) atoms. The van der Waals surface area contributed by atoms with E-state index in [9.17, 15) is 17.2 Å². The van der Waals surface area contributed by atoms with Crippen molar-refractivity contribution >= 4 is 10.0 Å². The lowest BCUT2D eigenvalue weighted by atomic mass is 10.0. The molecule has 1 saturated carbocycles. The first-order chi connectivity index (χ1) is 8.88. The predicted octanol–water partition coefficient (Wildman–Crippen LogP) is 2.08. The number of halogens is 2. The van der Waals surface area contributed by atoms with Crippen LogP contribution in [0.5, 0.6) is 0 Å². The molecule has 0 amide bonds. The summed E-state index contributed by atoms with van der Waals surface area (Å²) >= 11 is 0. The van der Waals surface area contributed by atoms with Crippen LogP contribution in [-0.2, 0) is 10.0 Å². The SMILES string of the molecule is N#CC1(NS(=O)(=O)c2cc(F)ccc2F)CCCC1. The van der Waals surface area contributed by atoms with Crippen LogP contribution < -0.4 is 4.72 Å². The molecule has 0 aromatic heterocycles. The molecule has 2 rings (SSSR count). The molecule has 1 fully saturated rings. The van der Waals surface area contributed by atoms with Crippen LogP contribution in [-0.4, -0.2) is 14.0 Å². The van der Waals surface area contributed by atoms with Crippen molar-refractivity contribution in [1.29, 1.82) is 5.26 Å². The number of sulfonamides is 1. The predicted molar refractivity (Wildman–Crippen MR) is 63.5 cm³/mol. The molecule has 0 radical (unpaired) electrons. The van der Waals surface area contributed by atoms with Crippen LogP contribution in [0.2, 0.25) is 0 Å². The van der Waals surface area contributed by atoms with Gasteiger partial charge >= 0.3 is 0 Å². The monoisotopic (exact) mass is 286 g/mol. The van der Waals surface area contributed by atoms with Crippen LogP contribution >= 0.6 is 0 Å². The summed E-state index contributed by atoms with van der Waals surface area (Å²) in [6, 6.07) is 4.12. The van der Waals surface area contributed by atoms with E-state index in [1.165, 1.54) is 0 Å². The highest BCUT2D eigenvalue weighted by Crippen LogP contribution is 2.31. The Morgan fingerprint density at radius 3 is 2.47 bits per heavy atom. The highest BCUT2D eigenvalue weighted by Gasteiger charge is 2.39. The quantitative estimate of drug-likeness (QED) is 0.924. The van der Waals surface area contributed by atoms with Gasteiger partial charge < -0.3 is 0 Å². The largest absolute Gasteiger partial charge is 0.244 e. The standard InChI is InChI=1S/C12H12F2N2O2S/c13-9-3-4-10(14)11(7-9)19(17,18)16-12(8-15)5-1-2-6-12/h3-4,7,16H,1-2,5-6H2. The third-order valence-electron chi connectivity index (χ3n) is 3.18. The molecule has 0 heterocycles. The summed E-state index contributed by atoms with van der Waals surface area (Å²) in [5.74, 6) is -1.89. The first kappa shape index (κ1) is 13.9. The Labute approximate surface area is 110 Å². The van der Waals surface area contributed by atoms with Crippen molar-refractivity contribution in [2.45, 2.75) is 36.1 Å². The van der Waals surface area contributed by atoms with Crippen LogP contribution in [0.4, 0.5) is 8.78 Å². The van der Waals surface area contributed by atoms with Crippen molar-refractivity contribution in [3.8, 4) is 6.07 Å². The lowest BCUT2D eigenvalue weighted by molar-refractivity contribution is 0.479. The van der Waals surface area contributed by atoms with Crippen molar-refractivity contribution < 1.29 is 17.2 Å². The summed E-state index contributed by atoms with van der Waals surface area (Å²) in [5, 5.41) is 9.11. The highest BCUT2D eigenvalue weighted by atomic mass is 32.2. The van der Waals surface area contributed by atoms with Crippen molar-refractivity contribution in [3.63, 3.8) is 0 Å². The minimum Gasteiger partial charge on any atom is -0.207 e. The number of nitriles is 1. The molecule has 0 bridgehead atoms. The van der Waals surface area contributed by atoms with Crippen molar-refractivity contribution in [2.24, 2.45) is 0 Å². The average molecular weight is 286 g/mol. The summed E-state index contributed by atoms with van der Waals surface area (Å²) in [5.41, 5.74) is -1.21. The molecule has 0 unspecified atom stereocenters. The first-order valence-corrected chi connectivity index (χ1v) is 7.27. The molecule has 102 valence electrons. The summed E-state index contributed by atoms with van der Waals surface area (Å²) in [6.07, 6.45) is 2.20. The van der Waals surface area contributed by atoms with E-state index in [4.69, 9.17) is 5.26 Å². The second kappa shape index (κ2) is 4.87. The molecule has 1 aliphatic rings. The van der Waals surface area contributed by atoms with Crippen molar-refractivity contribution in [2.75, 3.05) is 0 Å². The van der Waals surface area contributed by atoms with Crippen LogP contribution in [0.3, 0.4) is 0 Å². The van der Waals surface area contributed by atoms with Gasteiger partial charge in [0.25, 0.3) is 0 Å². The van der Waals surface area contributed by atoms with Gasteiger partial charge in [0.2, 0.25) is 10.0 Å². The minimum absolute atomic E-state index is 0.375. The molecular formula is C12H12F2N2O2S. The molecule has 1 aliphatic carbocycles. The summed E-state index contributed by atoms with van der Waals surface area (Å²) in [7, 11) is -4.25. The maximum atomic E-state index is 13.5. The zero-order valence-electron chi connectivity index (χ0n) is 9.99. The maximum Gasteiger partial charge on any atom is 0.244 e. The molecule has 4 nitrogen and oxygen atoms in total. The molecule has 0 aliphatic heterocycles. The fraction of sp³-hybridized carbons (Fsp3) is 0.417. The van der Waals surface area contributed by atoms with E-state index in [0.29, 0.717) is 18.9 Å². The molecule has 1 N–H and O–H groups in total. The van der Waals surface area contributed by atoms with Gasteiger partial charge in [0, 0.05) is 0 Å². The van der Waals surface area contributed by atoms with E-state index >= 15 is 0 Å². The molecule has 0 spiro atoms. The van der Waals surface area contributed by atoms with Crippen LogP contribution in [0.1, 0.15) is 25.7 Å². The summed E-state index contributed by atoms with van der Waals surface area (Å²) in [6.45, 7) is 0. The molecular weight excluding hydrogens is 274 g/mol. The van der Waals surface area contributed by atoms with Gasteiger partial charge in [-0.2, -0.15) is 9.98 Å². The fourth-order valence-corrected chi connectivity index (χ4v) is 3.68. The topological polar surface area (TPSA) is 70.0 Å². The van der Waals surface area contributed by atoms with E-state index in [1.54, 1.807) is 0 Å². The molecule has 0 atom stereocenters. The number of benzene rings is 1. The molecule has 7 heteroatoms. The van der Waals surface area contributed by atoms with Gasteiger partial charge in [-0.1, -0.05) is 12.8 Å². The normalized spacial score (nSPS) is 18.2. The number of nitrogens with zero attached hydrogens (tertiary/aromatic N) is 1. The number of nitrogens with one attached hydrogen (secondary N) is 1.